The number of phenols is 1. The molecule has 6 nitrogen and oxygen atoms in total. The third kappa shape index (κ3) is 3.31. The second-order valence-corrected chi connectivity index (χ2v) is 6.27. The molecule has 130 valence electrons. The van der Waals surface area contributed by atoms with Crippen LogP contribution >= 0.6 is 0 Å². The molecule has 0 fully saturated rings. The van der Waals surface area contributed by atoms with E-state index in [1.807, 2.05) is 13.8 Å². The molecular weight excluding hydrogens is 323 g/mol. The number of nitrogens with zero attached hydrogens (tertiary/aromatic N) is 2. The molecule has 1 heterocycles. The van der Waals surface area contributed by atoms with Crippen LogP contribution < -0.4 is 21.2 Å². The van der Waals surface area contributed by atoms with Crippen LogP contribution in [0.5, 0.6) is 11.5 Å². The van der Waals surface area contributed by atoms with Crippen LogP contribution in [-0.2, 0) is 0 Å². The number of fused-ring (bicyclic) bond motifs is 1. The first-order chi connectivity index (χ1) is 11.9. The molecule has 2 aromatic carbocycles. The number of phenolic OH excluding ortho intramolecular Hbond substituents is 1. The maximum atomic E-state index is 14.0. The summed E-state index contributed by atoms with van der Waals surface area (Å²) in [5, 5.41) is 18.7. The van der Waals surface area contributed by atoms with Gasteiger partial charge in [-0.2, -0.15) is 0 Å². The summed E-state index contributed by atoms with van der Waals surface area (Å²) in [4.78, 5) is 8.75. The van der Waals surface area contributed by atoms with Gasteiger partial charge in [0.2, 0.25) is 0 Å². The van der Waals surface area contributed by atoms with Gasteiger partial charge >= 0.3 is 0 Å². The van der Waals surface area contributed by atoms with E-state index in [9.17, 15) is 9.50 Å². The van der Waals surface area contributed by atoms with Crippen LogP contribution in [0.1, 0.15) is 31.1 Å². The fourth-order valence-electron chi connectivity index (χ4n) is 2.52. The molecule has 1 atom stereocenters. The Balaban J connectivity index is 1.99. The Bertz CT molecular complexity index is 956. The van der Waals surface area contributed by atoms with Gasteiger partial charge < -0.3 is 15.6 Å². The van der Waals surface area contributed by atoms with Gasteiger partial charge in [-0.15, -0.1) is 0 Å². The van der Waals surface area contributed by atoms with Crippen LogP contribution in [0.25, 0.3) is 0 Å². The average Bonchev–Trinajstić information content (AvgIpc) is 2.95. The van der Waals surface area contributed by atoms with Crippen molar-refractivity contribution in [2.75, 3.05) is 6.61 Å². The van der Waals surface area contributed by atoms with Gasteiger partial charge in [0.25, 0.3) is 0 Å². The molecule has 7 heteroatoms. The second-order valence-electron chi connectivity index (χ2n) is 6.27. The summed E-state index contributed by atoms with van der Waals surface area (Å²) in [6, 6.07) is 7.72. The minimum absolute atomic E-state index is 0.0170. The summed E-state index contributed by atoms with van der Waals surface area (Å²) in [6.45, 7) is 4.50. The van der Waals surface area contributed by atoms with E-state index < -0.39 is 12.0 Å². The average molecular weight is 342 g/mol. The number of amidine groups is 1. The topological polar surface area (TPSA) is 104 Å². The van der Waals surface area contributed by atoms with Crippen LogP contribution in [-0.4, -0.2) is 17.5 Å². The summed E-state index contributed by atoms with van der Waals surface area (Å²) < 4.78 is 19.6. The Hall–Kier alpha value is -2.96. The zero-order valence-electron chi connectivity index (χ0n) is 14.0. The maximum absolute atomic E-state index is 14.0. The van der Waals surface area contributed by atoms with Gasteiger partial charge in [-0.1, -0.05) is 26.0 Å². The molecular formula is C18H19FN4O2. The molecule has 25 heavy (non-hydrogen) atoms. The van der Waals surface area contributed by atoms with E-state index in [1.54, 1.807) is 18.2 Å². The summed E-state index contributed by atoms with van der Waals surface area (Å²) in [7, 11) is 0. The van der Waals surface area contributed by atoms with E-state index in [-0.39, 0.29) is 17.1 Å². The lowest BCUT2D eigenvalue weighted by Gasteiger charge is -2.13. The highest BCUT2D eigenvalue weighted by Gasteiger charge is 2.20. The molecule has 0 radical (unpaired) electrons. The van der Waals surface area contributed by atoms with E-state index in [2.05, 4.69) is 9.98 Å². The maximum Gasteiger partial charge on any atom is 0.170 e. The van der Waals surface area contributed by atoms with Gasteiger partial charge in [0.15, 0.2) is 17.7 Å². The molecule has 0 amide bonds. The van der Waals surface area contributed by atoms with Crippen molar-refractivity contribution in [3.63, 3.8) is 0 Å². The zero-order valence-corrected chi connectivity index (χ0v) is 14.0. The first-order valence-corrected chi connectivity index (χ1v) is 7.91. The predicted molar refractivity (Wildman–Crippen MR) is 90.9 cm³/mol. The molecule has 0 aliphatic carbocycles. The van der Waals surface area contributed by atoms with Crippen molar-refractivity contribution in [1.82, 2.24) is 0 Å². The largest absolute Gasteiger partial charge is 0.504 e. The number of hydrogen-bond donors (Lipinski definition) is 3. The number of ether oxygens (including phenoxy) is 1. The van der Waals surface area contributed by atoms with Crippen molar-refractivity contribution in [2.45, 2.75) is 20.0 Å². The standard InChI is InChI=1S/C18H19FN4O2/c1-9(2)8-25-15-5-3-4-10(16(15)24)18-22-13-6-11(17(20)21)12(19)7-14(13)23-18/h3-7,9,18,24H,8H2,1-2H3,(H3,20,21). The summed E-state index contributed by atoms with van der Waals surface area (Å²) in [5.74, 6) is -0.333. The van der Waals surface area contributed by atoms with Crippen molar-refractivity contribution in [3.8, 4) is 11.5 Å². The molecule has 0 saturated carbocycles. The van der Waals surface area contributed by atoms with Gasteiger partial charge in [0.05, 0.1) is 22.9 Å². The number of nitrogen functional groups attached to an aromatic ring is 1. The SMILES string of the molecule is CC(C)COc1cccc(C2N=c3cc(F)c(C(=N)N)cc3=N2)c1O. The van der Waals surface area contributed by atoms with Crippen LogP contribution in [0.2, 0.25) is 0 Å². The molecule has 1 aliphatic heterocycles. The molecule has 0 saturated heterocycles. The van der Waals surface area contributed by atoms with Crippen LogP contribution in [0.4, 0.5) is 4.39 Å². The zero-order chi connectivity index (χ0) is 18.1. The number of benzene rings is 2. The van der Waals surface area contributed by atoms with E-state index in [0.717, 1.165) is 0 Å². The molecule has 1 aliphatic rings. The molecule has 1 unspecified atom stereocenters. The molecule has 4 N–H and O–H groups in total. The summed E-state index contributed by atoms with van der Waals surface area (Å²) >= 11 is 0. The van der Waals surface area contributed by atoms with E-state index in [4.69, 9.17) is 15.9 Å². The highest BCUT2D eigenvalue weighted by Crippen LogP contribution is 2.36. The van der Waals surface area contributed by atoms with Gasteiger partial charge in [-0.3, -0.25) is 15.4 Å². The van der Waals surface area contributed by atoms with Crippen molar-refractivity contribution in [2.24, 2.45) is 21.6 Å². The number of nitrogens with two attached hydrogens (primary N) is 1. The highest BCUT2D eigenvalue weighted by atomic mass is 19.1. The predicted octanol–water partition coefficient (Wildman–Crippen LogP) is 1.80. The van der Waals surface area contributed by atoms with Gasteiger partial charge in [-0.25, -0.2) is 4.39 Å². The minimum atomic E-state index is -0.695. The van der Waals surface area contributed by atoms with Gasteiger partial charge in [0, 0.05) is 11.6 Å². The molecule has 0 bridgehead atoms. The number of aromatic hydroxyl groups is 1. The Morgan fingerprint density at radius 1 is 1.32 bits per heavy atom. The second kappa shape index (κ2) is 6.51. The van der Waals surface area contributed by atoms with Crippen LogP contribution in [0.15, 0.2) is 40.3 Å². The Morgan fingerprint density at radius 3 is 2.64 bits per heavy atom. The third-order valence-corrected chi connectivity index (χ3v) is 3.76. The smallest absolute Gasteiger partial charge is 0.170 e. The number of nitrogens with one attached hydrogen (secondary N) is 1. The highest BCUT2D eigenvalue weighted by molar-refractivity contribution is 5.95. The Kier molecular flexibility index (Phi) is 4.39. The number of hydrogen-bond acceptors (Lipinski definition) is 5. The summed E-state index contributed by atoms with van der Waals surface area (Å²) in [5.41, 5.74) is 5.83. The Morgan fingerprint density at radius 2 is 2.00 bits per heavy atom. The minimum Gasteiger partial charge on any atom is -0.504 e. The number of para-hydroxylation sites is 1. The molecule has 0 spiro atoms. The Labute approximate surface area is 144 Å². The van der Waals surface area contributed by atoms with Crippen molar-refractivity contribution in [1.29, 1.82) is 5.41 Å². The van der Waals surface area contributed by atoms with Crippen LogP contribution in [0, 0.1) is 17.1 Å². The molecule has 2 aromatic rings. The monoisotopic (exact) mass is 342 g/mol. The number of rotatable bonds is 5. The van der Waals surface area contributed by atoms with Crippen molar-refractivity contribution in [3.05, 3.63) is 58.0 Å². The molecule has 3 rings (SSSR count). The normalized spacial score (nSPS) is 15.4. The first kappa shape index (κ1) is 16.9. The fraction of sp³-hybridized carbons (Fsp3) is 0.278. The lowest BCUT2D eigenvalue weighted by molar-refractivity contribution is 0.258. The van der Waals surface area contributed by atoms with E-state index in [1.165, 1.54) is 12.1 Å². The third-order valence-electron chi connectivity index (χ3n) is 3.76. The molecule has 0 aromatic heterocycles. The van der Waals surface area contributed by atoms with Crippen LogP contribution in [0.3, 0.4) is 0 Å². The summed E-state index contributed by atoms with van der Waals surface area (Å²) in [6.07, 6.45) is -0.695. The first-order valence-electron chi connectivity index (χ1n) is 7.91. The van der Waals surface area contributed by atoms with E-state index >= 15 is 0 Å². The fourth-order valence-corrected chi connectivity index (χ4v) is 2.52. The lowest BCUT2D eigenvalue weighted by atomic mass is 10.1. The van der Waals surface area contributed by atoms with E-state index in [0.29, 0.717) is 34.6 Å². The lowest BCUT2D eigenvalue weighted by Crippen LogP contribution is -2.26. The quantitative estimate of drug-likeness (QED) is 0.570. The van der Waals surface area contributed by atoms with Crippen molar-refractivity contribution < 1.29 is 14.2 Å². The van der Waals surface area contributed by atoms with Gasteiger partial charge in [0.1, 0.15) is 11.7 Å². The van der Waals surface area contributed by atoms with Crippen molar-refractivity contribution >= 4 is 5.84 Å². The number of halogens is 1. The van der Waals surface area contributed by atoms with Gasteiger partial charge in [-0.05, 0) is 18.1 Å².